The number of hydrogen-bond donors (Lipinski definition) is 2. The van der Waals surface area contributed by atoms with E-state index in [2.05, 4.69) is 46.8 Å². The van der Waals surface area contributed by atoms with E-state index in [1.807, 2.05) is 32.9 Å². The van der Waals surface area contributed by atoms with Crippen molar-refractivity contribution in [2.24, 2.45) is 0 Å². The highest BCUT2D eigenvalue weighted by Crippen LogP contribution is 2.28. The molecule has 0 aliphatic carbocycles. The maximum absolute atomic E-state index is 12.1. The number of rotatable bonds is 5. The Kier molecular flexibility index (Phi) is 6.44. The molecule has 1 aromatic heterocycles. The van der Waals surface area contributed by atoms with Crippen molar-refractivity contribution in [1.29, 1.82) is 0 Å². The molecular weight excluding hydrogens is 382 g/mol. The maximum Gasteiger partial charge on any atom is 0.313 e. The van der Waals surface area contributed by atoms with Crippen molar-refractivity contribution in [3.8, 4) is 10.6 Å². The van der Waals surface area contributed by atoms with Crippen molar-refractivity contribution >= 4 is 28.8 Å². The van der Waals surface area contributed by atoms with Crippen molar-refractivity contribution in [3.05, 3.63) is 69.7 Å². The normalized spacial score (nSPS) is 10.6. The fourth-order valence-electron chi connectivity index (χ4n) is 2.86. The highest BCUT2D eigenvalue weighted by atomic mass is 32.1. The lowest BCUT2D eigenvalue weighted by atomic mass is 10.1. The van der Waals surface area contributed by atoms with E-state index in [-0.39, 0.29) is 0 Å². The van der Waals surface area contributed by atoms with E-state index in [1.54, 1.807) is 17.4 Å². The first-order valence-corrected chi connectivity index (χ1v) is 10.3. The number of benzene rings is 2. The molecule has 29 heavy (non-hydrogen) atoms. The van der Waals surface area contributed by atoms with Crippen molar-refractivity contribution < 1.29 is 9.59 Å². The second kappa shape index (κ2) is 9.01. The van der Waals surface area contributed by atoms with Crippen molar-refractivity contribution in [1.82, 2.24) is 10.3 Å². The smallest absolute Gasteiger partial charge is 0.313 e. The number of carbonyl (C=O) groups excluding carboxylic acids is 2. The van der Waals surface area contributed by atoms with Gasteiger partial charge >= 0.3 is 11.8 Å². The van der Waals surface area contributed by atoms with E-state index in [4.69, 9.17) is 0 Å². The van der Waals surface area contributed by atoms with Crippen LogP contribution in [0.2, 0.25) is 0 Å². The molecule has 0 bridgehead atoms. The fourth-order valence-corrected chi connectivity index (χ4v) is 3.92. The van der Waals surface area contributed by atoms with Crippen LogP contribution in [0, 0.1) is 27.7 Å². The highest BCUT2D eigenvalue weighted by Gasteiger charge is 2.15. The zero-order valence-corrected chi connectivity index (χ0v) is 17.9. The van der Waals surface area contributed by atoms with Crippen LogP contribution >= 0.6 is 11.3 Å². The standard InChI is InChI=1S/C23H25N3O2S/c1-14-5-8-18(9-6-14)23-25-17(4)20(29-23)11-12-24-21(27)22(28)26-19-10-7-15(2)16(3)13-19/h5-10,13H,11-12H2,1-4H3,(H,24,27)(H,26,28). The average Bonchev–Trinajstić information content (AvgIpc) is 3.06. The summed E-state index contributed by atoms with van der Waals surface area (Å²) in [5.74, 6) is -1.29. The summed E-state index contributed by atoms with van der Waals surface area (Å²) < 4.78 is 0. The van der Waals surface area contributed by atoms with E-state index in [9.17, 15) is 9.59 Å². The van der Waals surface area contributed by atoms with Gasteiger partial charge in [0.15, 0.2) is 0 Å². The number of amides is 2. The Bertz CT molecular complexity index is 1040. The number of hydrogen-bond acceptors (Lipinski definition) is 4. The van der Waals surface area contributed by atoms with E-state index in [0.717, 1.165) is 32.3 Å². The molecule has 0 atom stereocenters. The average molecular weight is 408 g/mol. The van der Waals surface area contributed by atoms with Crippen LogP contribution in [0.15, 0.2) is 42.5 Å². The molecule has 0 aliphatic heterocycles. The van der Waals surface area contributed by atoms with Crippen LogP contribution in [0.25, 0.3) is 10.6 Å². The van der Waals surface area contributed by atoms with Gasteiger partial charge in [0.1, 0.15) is 5.01 Å². The SMILES string of the molecule is Cc1ccc(-c2nc(C)c(CCNC(=O)C(=O)Nc3ccc(C)c(C)c3)s2)cc1. The Morgan fingerprint density at radius 2 is 1.66 bits per heavy atom. The monoisotopic (exact) mass is 407 g/mol. The van der Waals surface area contributed by atoms with Gasteiger partial charge in [0.25, 0.3) is 0 Å². The molecule has 0 unspecified atom stereocenters. The summed E-state index contributed by atoms with van der Waals surface area (Å²) in [6.45, 7) is 8.38. The molecule has 0 fully saturated rings. The van der Waals surface area contributed by atoms with E-state index in [1.165, 1.54) is 5.56 Å². The first kappa shape index (κ1) is 20.7. The van der Waals surface area contributed by atoms with Gasteiger partial charge in [-0.05, 0) is 51.0 Å². The maximum atomic E-state index is 12.1. The minimum absolute atomic E-state index is 0.384. The third-order valence-electron chi connectivity index (χ3n) is 4.80. The Labute approximate surface area is 175 Å². The fraction of sp³-hybridized carbons (Fsp3) is 0.261. The van der Waals surface area contributed by atoms with Gasteiger partial charge in [-0.2, -0.15) is 0 Å². The lowest BCUT2D eigenvalue weighted by Crippen LogP contribution is -2.36. The molecule has 3 aromatic rings. The largest absolute Gasteiger partial charge is 0.347 e. The minimum Gasteiger partial charge on any atom is -0.347 e. The van der Waals surface area contributed by atoms with Gasteiger partial charge in [0, 0.05) is 29.1 Å². The molecule has 0 spiro atoms. The molecule has 0 radical (unpaired) electrons. The van der Waals surface area contributed by atoms with Crippen molar-refractivity contribution in [2.45, 2.75) is 34.1 Å². The second-order valence-corrected chi connectivity index (χ2v) is 8.24. The topological polar surface area (TPSA) is 71.1 Å². The van der Waals surface area contributed by atoms with Gasteiger partial charge < -0.3 is 10.6 Å². The lowest BCUT2D eigenvalue weighted by Gasteiger charge is -2.08. The molecule has 1 heterocycles. The van der Waals surface area contributed by atoms with Gasteiger partial charge in [-0.3, -0.25) is 9.59 Å². The number of carbonyl (C=O) groups is 2. The van der Waals surface area contributed by atoms with Gasteiger partial charge in [0.2, 0.25) is 0 Å². The third-order valence-corrected chi connectivity index (χ3v) is 6.07. The van der Waals surface area contributed by atoms with Crippen LogP contribution in [0.3, 0.4) is 0 Å². The molecule has 0 saturated carbocycles. The van der Waals surface area contributed by atoms with E-state index >= 15 is 0 Å². The van der Waals surface area contributed by atoms with E-state index in [0.29, 0.717) is 18.7 Å². The molecular formula is C23H25N3O2S. The zero-order chi connectivity index (χ0) is 21.0. The van der Waals surface area contributed by atoms with Crippen LogP contribution in [0.1, 0.15) is 27.3 Å². The van der Waals surface area contributed by atoms with Crippen LogP contribution in [-0.4, -0.2) is 23.3 Å². The molecule has 6 heteroatoms. The predicted molar refractivity (Wildman–Crippen MR) is 118 cm³/mol. The van der Waals surface area contributed by atoms with Crippen LogP contribution in [-0.2, 0) is 16.0 Å². The third kappa shape index (κ3) is 5.29. The molecule has 3 rings (SSSR count). The lowest BCUT2D eigenvalue weighted by molar-refractivity contribution is -0.136. The Morgan fingerprint density at radius 1 is 0.931 bits per heavy atom. The van der Waals surface area contributed by atoms with Gasteiger partial charge in [-0.1, -0.05) is 35.9 Å². The summed E-state index contributed by atoms with van der Waals surface area (Å²) in [5.41, 5.74) is 6.08. The molecule has 5 nitrogen and oxygen atoms in total. The van der Waals surface area contributed by atoms with Crippen molar-refractivity contribution in [2.75, 3.05) is 11.9 Å². The minimum atomic E-state index is -0.658. The number of anilines is 1. The first-order chi connectivity index (χ1) is 13.8. The Hall–Kier alpha value is -2.99. The van der Waals surface area contributed by atoms with Crippen molar-refractivity contribution in [3.63, 3.8) is 0 Å². The van der Waals surface area contributed by atoms with E-state index < -0.39 is 11.8 Å². The van der Waals surface area contributed by atoms with Crippen LogP contribution < -0.4 is 10.6 Å². The number of nitrogens with zero attached hydrogens (tertiary/aromatic N) is 1. The number of thiazole rings is 1. The summed E-state index contributed by atoms with van der Waals surface area (Å²) in [7, 11) is 0. The molecule has 2 amide bonds. The highest BCUT2D eigenvalue weighted by molar-refractivity contribution is 7.15. The molecule has 150 valence electrons. The predicted octanol–water partition coefficient (Wildman–Crippen LogP) is 4.34. The number of aryl methyl sites for hydroxylation is 4. The van der Waals surface area contributed by atoms with Crippen LogP contribution in [0.5, 0.6) is 0 Å². The Morgan fingerprint density at radius 3 is 2.34 bits per heavy atom. The molecule has 2 N–H and O–H groups in total. The number of aromatic nitrogens is 1. The molecule has 0 saturated heterocycles. The second-order valence-electron chi connectivity index (χ2n) is 7.15. The molecule has 0 aliphatic rings. The summed E-state index contributed by atoms with van der Waals surface area (Å²) in [6.07, 6.45) is 0.637. The van der Waals surface area contributed by atoms with Crippen LogP contribution in [0.4, 0.5) is 5.69 Å². The van der Waals surface area contributed by atoms with Gasteiger partial charge in [-0.25, -0.2) is 4.98 Å². The summed E-state index contributed by atoms with van der Waals surface area (Å²) in [6, 6.07) is 13.8. The molecule has 2 aromatic carbocycles. The summed E-state index contributed by atoms with van der Waals surface area (Å²) >= 11 is 1.62. The number of nitrogens with one attached hydrogen (secondary N) is 2. The summed E-state index contributed by atoms with van der Waals surface area (Å²) in [5, 5.41) is 6.30. The summed E-state index contributed by atoms with van der Waals surface area (Å²) in [4.78, 5) is 29.9. The van der Waals surface area contributed by atoms with Gasteiger partial charge in [0.05, 0.1) is 5.69 Å². The van der Waals surface area contributed by atoms with Gasteiger partial charge in [-0.15, -0.1) is 11.3 Å². The Balaban J connectivity index is 1.54. The quantitative estimate of drug-likeness (QED) is 0.618. The first-order valence-electron chi connectivity index (χ1n) is 9.53. The zero-order valence-electron chi connectivity index (χ0n) is 17.1.